The summed E-state index contributed by atoms with van der Waals surface area (Å²) >= 11 is 0. The van der Waals surface area contributed by atoms with Gasteiger partial charge in [-0.15, -0.1) is 0 Å². The highest BCUT2D eigenvalue weighted by molar-refractivity contribution is 6.52. The number of benzene rings is 2. The lowest BCUT2D eigenvalue weighted by Crippen LogP contribution is -2.43. The zero-order chi connectivity index (χ0) is 16.9. The van der Waals surface area contributed by atoms with Gasteiger partial charge in [0.2, 0.25) is 11.6 Å². The molecule has 4 heteroatoms. The van der Waals surface area contributed by atoms with E-state index < -0.39 is 17.2 Å². The summed E-state index contributed by atoms with van der Waals surface area (Å²) in [5.74, 6) is -0.429. The fourth-order valence-electron chi connectivity index (χ4n) is 3.36. The Hall–Kier alpha value is -2.88. The molecule has 1 aliphatic carbocycles. The number of anilines is 1. The number of hydrogen-bond donors (Lipinski definition) is 1. The fourth-order valence-corrected chi connectivity index (χ4v) is 3.36. The largest absolute Gasteiger partial charge is 0.484 e. The van der Waals surface area contributed by atoms with Crippen LogP contribution in [0.15, 0.2) is 60.2 Å². The topological polar surface area (TPSA) is 55.4 Å². The molecule has 1 aliphatic heterocycles. The van der Waals surface area contributed by atoms with Crippen molar-refractivity contribution in [3.8, 4) is 0 Å². The van der Waals surface area contributed by atoms with Gasteiger partial charge < -0.3 is 10.1 Å². The van der Waals surface area contributed by atoms with Gasteiger partial charge in [-0.25, -0.2) is 0 Å². The first-order valence-electron chi connectivity index (χ1n) is 7.92. The number of carbonyl (C=O) groups is 2. The van der Waals surface area contributed by atoms with Gasteiger partial charge in [0.1, 0.15) is 11.4 Å². The van der Waals surface area contributed by atoms with Gasteiger partial charge in [0, 0.05) is 16.8 Å². The summed E-state index contributed by atoms with van der Waals surface area (Å²) in [5, 5.41) is 3.36. The SMILES string of the molecule is CC1(C)OC2=C(C(=O)C(=O)c3ccccc32)C1Nc1ccccc1. The molecule has 0 amide bonds. The second kappa shape index (κ2) is 5.06. The summed E-state index contributed by atoms with van der Waals surface area (Å²) in [6, 6.07) is 16.3. The maximum absolute atomic E-state index is 12.7. The second-order valence-electron chi connectivity index (χ2n) is 6.60. The molecule has 0 aromatic heterocycles. The van der Waals surface area contributed by atoms with Crippen LogP contribution in [0.4, 0.5) is 5.69 Å². The Bertz CT molecular complexity index is 881. The van der Waals surface area contributed by atoms with Gasteiger partial charge >= 0.3 is 0 Å². The molecule has 0 spiro atoms. The van der Waals surface area contributed by atoms with Crippen molar-refractivity contribution in [1.82, 2.24) is 0 Å². The van der Waals surface area contributed by atoms with Crippen LogP contribution >= 0.6 is 0 Å². The van der Waals surface area contributed by atoms with E-state index in [2.05, 4.69) is 5.32 Å². The van der Waals surface area contributed by atoms with E-state index in [9.17, 15) is 9.59 Å². The van der Waals surface area contributed by atoms with Crippen molar-refractivity contribution >= 4 is 23.0 Å². The van der Waals surface area contributed by atoms with Crippen molar-refractivity contribution in [2.75, 3.05) is 5.32 Å². The van der Waals surface area contributed by atoms with Crippen LogP contribution in [0.3, 0.4) is 0 Å². The smallest absolute Gasteiger partial charge is 0.235 e. The second-order valence-corrected chi connectivity index (χ2v) is 6.60. The van der Waals surface area contributed by atoms with Crippen LogP contribution in [0.1, 0.15) is 29.8 Å². The lowest BCUT2D eigenvalue weighted by molar-refractivity contribution is -0.112. The monoisotopic (exact) mass is 319 g/mol. The first kappa shape index (κ1) is 14.7. The highest BCUT2D eigenvalue weighted by Crippen LogP contribution is 2.44. The summed E-state index contributed by atoms with van der Waals surface area (Å²) in [6.45, 7) is 3.85. The first-order valence-corrected chi connectivity index (χ1v) is 7.92. The molecule has 24 heavy (non-hydrogen) atoms. The van der Waals surface area contributed by atoms with Crippen molar-refractivity contribution < 1.29 is 14.3 Å². The molecule has 1 unspecified atom stereocenters. The molecule has 4 rings (SSSR count). The van der Waals surface area contributed by atoms with E-state index in [-0.39, 0.29) is 6.04 Å². The van der Waals surface area contributed by atoms with Gasteiger partial charge in [0.15, 0.2) is 0 Å². The molecule has 2 aliphatic rings. The van der Waals surface area contributed by atoms with E-state index in [1.807, 2.05) is 56.3 Å². The van der Waals surface area contributed by atoms with E-state index in [0.717, 1.165) is 5.69 Å². The first-order chi connectivity index (χ1) is 11.5. The van der Waals surface area contributed by atoms with Crippen LogP contribution < -0.4 is 5.32 Å². The van der Waals surface area contributed by atoms with Crippen LogP contribution in [-0.2, 0) is 9.53 Å². The number of carbonyl (C=O) groups excluding carboxylic acids is 2. The number of para-hydroxylation sites is 1. The molecular formula is C20H17NO3. The zero-order valence-electron chi connectivity index (χ0n) is 13.5. The van der Waals surface area contributed by atoms with Crippen LogP contribution in [-0.4, -0.2) is 23.2 Å². The number of nitrogens with one attached hydrogen (secondary N) is 1. The normalized spacial score (nSPS) is 21.2. The third-order valence-corrected chi connectivity index (χ3v) is 4.55. The number of hydrogen-bond acceptors (Lipinski definition) is 4. The van der Waals surface area contributed by atoms with Gasteiger partial charge in [0.05, 0.1) is 11.6 Å². The summed E-state index contributed by atoms with van der Waals surface area (Å²) in [4.78, 5) is 25.2. The summed E-state index contributed by atoms with van der Waals surface area (Å²) < 4.78 is 6.13. The van der Waals surface area contributed by atoms with Crippen molar-refractivity contribution in [3.63, 3.8) is 0 Å². The minimum absolute atomic E-state index is 0.389. The lowest BCUT2D eigenvalue weighted by Gasteiger charge is -2.29. The molecule has 0 fully saturated rings. The van der Waals surface area contributed by atoms with Gasteiger partial charge in [-0.1, -0.05) is 42.5 Å². The Kier molecular flexibility index (Phi) is 3.10. The highest BCUT2D eigenvalue weighted by Gasteiger charge is 2.50. The quantitative estimate of drug-likeness (QED) is 0.861. The zero-order valence-corrected chi connectivity index (χ0v) is 13.5. The minimum atomic E-state index is -0.645. The molecule has 0 radical (unpaired) electrons. The summed E-state index contributed by atoms with van der Waals surface area (Å²) in [5.41, 5.74) is 1.77. The van der Waals surface area contributed by atoms with E-state index in [0.29, 0.717) is 22.5 Å². The van der Waals surface area contributed by atoms with Gasteiger partial charge in [-0.05, 0) is 26.0 Å². The number of fused-ring (bicyclic) bond motifs is 2. The summed E-state index contributed by atoms with van der Waals surface area (Å²) in [7, 11) is 0. The predicted octanol–water partition coefficient (Wildman–Crippen LogP) is 3.45. The van der Waals surface area contributed by atoms with E-state index >= 15 is 0 Å². The highest BCUT2D eigenvalue weighted by atomic mass is 16.5. The Labute approximate surface area is 140 Å². The minimum Gasteiger partial charge on any atom is -0.484 e. The van der Waals surface area contributed by atoms with Gasteiger partial charge in [-0.2, -0.15) is 0 Å². The molecule has 1 N–H and O–H groups in total. The third kappa shape index (κ3) is 2.07. The van der Waals surface area contributed by atoms with Crippen molar-refractivity contribution in [3.05, 3.63) is 71.3 Å². The number of ketones is 2. The van der Waals surface area contributed by atoms with Crippen LogP contribution in [0.2, 0.25) is 0 Å². The van der Waals surface area contributed by atoms with Crippen molar-refractivity contribution in [2.45, 2.75) is 25.5 Å². The standard InChI is InChI=1S/C20H17NO3/c1-20(2)19(21-12-8-4-3-5-9-12)15-17(23)16(22)13-10-6-7-11-14(13)18(15)24-20/h3-11,19,21H,1-2H3. The summed E-state index contributed by atoms with van der Waals surface area (Å²) in [6.07, 6.45) is 0. The third-order valence-electron chi connectivity index (χ3n) is 4.55. The molecular weight excluding hydrogens is 302 g/mol. The van der Waals surface area contributed by atoms with E-state index in [1.165, 1.54) is 0 Å². The van der Waals surface area contributed by atoms with Crippen LogP contribution in [0, 0.1) is 0 Å². The Morgan fingerprint density at radius 1 is 0.875 bits per heavy atom. The van der Waals surface area contributed by atoms with Crippen molar-refractivity contribution in [2.24, 2.45) is 0 Å². The maximum atomic E-state index is 12.7. The molecule has 1 heterocycles. The van der Waals surface area contributed by atoms with Crippen molar-refractivity contribution in [1.29, 1.82) is 0 Å². The van der Waals surface area contributed by atoms with Gasteiger partial charge in [0.25, 0.3) is 0 Å². The van der Waals surface area contributed by atoms with Crippen LogP contribution in [0.5, 0.6) is 0 Å². The number of Topliss-reactive ketones (excluding diaryl/α,β-unsaturated/α-hetero) is 2. The number of rotatable bonds is 2. The van der Waals surface area contributed by atoms with Gasteiger partial charge in [-0.3, -0.25) is 9.59 Å². The predicted molar refractivity (Wildman–Crippen MR) is 91.7 cm³/mol. The fraction of sp³-hybridized carbons (Fsp3) is 0.200. The van der Waals surface area contributed by atoms with E-state index in [1.54, 1.807) is 12.1 Å². The van der Waals surface area contributed by atoms with E-state index in [4.69, 9.17) is 4.74 Å². The molecule has 2 aromatic rings. The van der Waals surface area contributed by atoms with Crippen LogP contribution in [0.25, 0.3) is 5.76 Å². The molecule has 1 atom stereocenters. The molecule has 2 aromatic carbocycles. The molecule has 120 valence electrons. The Morgan fingerprint density at radius 2 is 1.50 bits per heavy atom. The lowest BCUT2D eigenvalue weighted by atomic mass is 9.83. The Morgan fingerprint density at radius 3 is 2.21 bits per heavy atom. The number of ether oxygens (including phenoxy) is 1. The maximum Gasteiger partial charge on any atom is 0.235 e. The molecule has 0 bridgehead atoms. The average Bonchev–Trinajstić information content (AvgIpc) is 2.85. The molecule has 0 saturated carbocycles. The molecule has 0 saturated heterocycles. The average molecular weight is 319 g/mol. The Balaban J connectivity index is 1.85. The molecule has 4 nitrogen and oxygen atoms in total.